The first-order chi connectivity index (χ1) is 8.37. The van der Waals surface area contributed by atoms with Crippen LogP contribution in [0.4, 0.5) is 43.9 Å². The minimum absolute atomic E-state index is 0.565. The molecule has 120 valence electrons. The summed E-state index contributed by atoms with van der Waals surface area (Å²) in [6.45, 7) is 1.69. The van der Waals surface area contributed by atoms with Crippen molar-refractivity contribution in [2.24, 2.45) is 11.3 Å². The van der Waals surface area contributed by atoms with Crippen molar-refractivity contribution in [3.63, 3.8) is 0 Å². The first-order valence-corrected chi connectivity index (χ1v) is 5.26. The largest absolute Gasteiger partial charge is 0.384 e. The SMILES string of the molecule is CC(C)(C)C1C(F)(F)C(F)(F)C(F)(F)C(F)(F)C1(F)F. The molecular formula is C10H10F10. The zero-order valence-electron chi connectivity index (χ0n) is 10.4. The van der Waals surface area contributed by atoms with E-state index in [2.05, 4.69) is 0 Å². The second kappa shape index (κ2) is 3.73. The molecule has 0 aromatic rings. The van der Waals surface area contributed by atoms with Crippen LogP contribution < -0.4 is 0 Å². The Bertz CT molecular complexity index is 373. The van der Waals surface area contributed by atoms with E-state index in [-0.39, 0.29) is 0 Å². The molecule has 0 radical (unpaired) electrons. The van der Waals surface area contributed by atoms with Crippen molar-refractivity contribution in [3.05, 3.63) is 0 Å². The molecule has 0 saturated heterocycles. The van der Waals surface area contributed by atoms with Gasteiger partial charge in [-0.1, -0.05) is 20.8 Å². The molecule has 0 atom stereocenters. The van der Waals surface area contributed by atoms with E-state index in [4.69, 9.17) is 0 Å². The number of rotatable bonds is 0. The average molecular weight is 320 g/mol. The lowest BCUT2D eigenvalue weighted by Crippen LogP contribution is -2.79. The molecule has 1 fully saturated rings. The van der Waals surface area contributed by atoms with Crippen molar-refractivity contribution in [3.8, 4) is 0 Å². The van der Waals surface area contributed by atoms with Crippen LogP contribution in [-0.2, 0) is 0 Å². The highest BCUT2D eigenvalue weighted by atomic mass is 19.4. The molecule has 1 rings (SSSR count). The smallest absolute Gasteiger partial charge is 0.199 e. The van der Waals surface area contributed by atoms with Gasteiger partial charge >= 0.3 is 29.6 Å². The molecule has 0 nitrogen and oxygen atoms in total. The zero-order chi connectivity index (χ0) is 16.6. The third kappa shape index (κ3) is 1.62. The zero-order valence-corrected chi connectivity index (χ0v) is 10.4. The van der Waals surface area contributed by atoms with Crippen LogP contribution >= 0.6 is 0 Å². The summed E-state index contributed by atoms with van der Waals surface area (Å²) in [5, 5.41) is 0. The van der Waals surface area contributed by atoms with Crippen LogP contribution in [0.15, 0.2) is 0 Å². The quantitative estimate of drug-likeness (QED) is 0.560. The van der Waals surface area contributed by atoms with Crippen LogP contribution in [0.25, 0.3) is 0 Å². The standard InChI is InChI=1S/C10H10F10/c1-5(2,3)4-6(11,12)8(15,16)10(19,20)9(17,18)7(4,13)14/h4H,1-3H3. The third-order valence-corrected chi connectivity index (χ3v) is 3.22. The Morgan fingerprint density at radius 1 is 0.550 bits per heavy atom. The first kappa shape index (κ1) is 17.4. The van der Waals surface area contributed by atoms with Gasteiger partial charge in [0.15, 0.2) is 0 Å². The maximum Gasteiger partial charge on any atom is 0.384 e. The van der Waals surface area contributed by atoms with E-state index in [0.29, 0.717) is 20.8 Å². The minimum atomic E-state index is -6.88. The monoisotopic (exact) mass is 320 g/mol. The molecule has 10 heteroatoms. The highest BCUT2D eigenvalue weighted by molar-refractivity contribution is 5.20. The van der Waals surface area contributed by atoms with E-state index in [1.807, 2.05) is 0 Å². The van der Waals surface area contributed by atoms with Crippen LogP contribution in [-0.4, -0.2) is 29.6 Å². The molecule has 0 amide bonds. The highest BCUT2D eigenvalue weighted by Crippen LogP contribution is 2.69. The number of hydrogen-bond acceptors (Lipinski definition) is 0. The van der Waals surface area contributed by atoms with Crippen LogP contribution in [0.3, 0.4) is 0 Å². The summed E-state index contributed by atoms with van der Waals surface area (Å²) >= 11 is 0. The molecule has 0 N–H and O–H groups in total. The molecule has 0 heterocycles. The van der Waals surface area contributed by atoms with Crippen LogP contribution in [0, 0.1) is 11.3 Å². The lowest BCUT2D eigenvalue weighted by atomic mass is 9.64. The van der Waals surface area contributed by atoms with Crippen molar-refractivity contribution in [2.45, 2.75) is 50.4 Å². The molecule has 0 spiro atoms. The van der Waals surface area contributed by atoms with Gasteiger partial charge in [0, 0.05) is 0 Å². The number of alkyl halides is 10. The average Bonchev–Trinajstić information content (AvgIpc) is 2.11. The van der Waals surface area contributed by atoms with Gasteiger partial charge in [0.05, 0.1) is 0 Å². The van der Waals surface area contributed by atoms with Crippen molar-refractivity contribution in [1.82, 2.24) is 0 Å². The summed E-state index contributed by atoms with van der Waals surface area (Å²) in [5.74, 6) is -36.1. The van der Waals surface area contributed by atoms with E-state index in [9.17, 15) is 43.9 Å². The Morgan fingerprint density at radius 2 is 0.800 bits per heavy atom. The normalized spacial score (nSPS) is 31.1. The second-order valence-electron chi connectivity index (χ2n) is 5.77. The summed E-state index contributed by atoms with van der Waals surface area (Å²) in [7, 11) is 0. The molecule has 0 aromatic heterocycles. The lowest BCUT2D eigenvalue weighted by Gasteiger charge is -2.53. The molecule has 0 aromatic carbocycles. The summed E-state index contributed by atoms with van der Waals surface area (Å²) in [6, 6.07) is 0. The van der Waals surface area contributed by atoms with Crippen molar-refractivity contribution in [2.75, 3.05) is 0 Å². The molecule has 1 aliphatic carbocycles. The van der Waals surface area contributed by atoms with Gasteiger partial charge in [-0.05, 0) is 5.41 Å². The maximum atomic E-state index is 13.4. The molecule has 0 unspecified atom stereocenters. The highest BCUT2D eigenvalue weighted by Gasteiger charge is 2.95. The Morgan fingerprint density at radius 3 is 1.00 bits per heavy atom. The molecule has 0 bridgehead atoms. The van der Waals surface area contributed by atoms with Crippen LogP contribution in [0.1, 0.15) is 20.8 Å². The van der Waals surface area contributed by atoms with Crippen molar-refractivity contribution in [1.29, 1.82) is 0 Å². The third-order valence-electron chi connectivity index (χ3n) is 3.22. The van der Waals surface area contributed by atoms with Gasteiger partial charge < -0.3 is 0 Å². The molecular weight excluding hydrogens is 310 g/mol. The Kier molecular flexibility index (Phi) is 3.24. The Hall–Kier alpha value is -0.700. The van der Waals surface area contributed by atoms with E-state index in [1.165, 1.54) is 0 Å². The Balaban J connectivity index is 3.74. The molecule has 1 aliphatic rings. The maximum absolute atomic E-state index is 13.4. The fraction of sp³-hybridized carbons (Fsp3) is 1.00. The van der Waals surface area contributed by atoms with Gasteiger partial charge in [-0.15, -0.1) is 0 Å². The fourth-order valence-electron chi connectivity index (χ4n) is 2.29. The van der Waals surface area contributed by atoms with Gasteiger partial charge in [-0.25, -0.2) is 0 Å². The summed E-state index contributed by atoms with van der Waals surface area (Å²) in [5.41, 5.74) is -2.48. The van der Waals surface area contributed by atoms with Gasteiger partial charge in [0.1, 0.15) is 5.92 Å². The lowest BCUT2D eigenvalue weighted by molar-refractivity contribution is -0.472. The predicted molar refractivity (Wildman–Crippen MR) is 47.7 cm³/mol. The summed E-state index contributed by atoms with van der Waals surface area (Å²) in [4.78, 5) is 0. The number of hydrogen-bond donors (Lipinski definition) is 0. The van der Waals surface area contributed by atoms with E-state index in [0.717, 1.165) is 0 Å². The Labute approximate surface area is 107 Å². The minimum Gasteiger partial charge on any atom is -0.199 e. The van der Waals surface area contributed by atoms with Crippen molar-refractivity contribution >= 4 is 0 Å². The molecule has 1 saturated carbocycles. The summed E-state index contributed by atoms with van der Waals surface area (Å²) < 4.78 is 132. The number of halogens is 10. The van der Waals surface area contributed by atoms with Crippen LogP contribution in [0.5, 0.6) is 0 Å². The van der Waals surface area contributed by atoms with E-state index < -0.39 is 40.9 Å². The molecule has 20 heavy (non-hydrogen) atoms. The van der Waals surface area contributed by atoms with Gasteiger partial charge in [0.2, 0.25) is 0 Å². The van der Waals surface area contributed by atoms with E-state index in [1.54, 1.807) is 0 Å². The topological polar surface area (TPSA) is 0 Å². The van der Waals surface area contributed by atoms with E-state index >= 15 is 0 Å². The summed E-state index contributed by atoms with van der Waals surface area (Å²) in [6.07, 6.45) is 0. The van der Waals surface area contributed by atoms with Gasteiger partial charge in [0.25, 0.3) is 0 Å². The second-order valence-corrected chi connectivity index (χ2v) is 5.77. The fourth-order valence-corrected chi connectivity index (χ4v) is 2.29. The van der Waals surface area contributed by atoms with Crippen LogP contribution in [0.2, 0.25) is 0 Å². The molecule has 0 aliphatic heterocycles. The first-order valence-electron chi connectivity index (χ1n) is 5.26. The predicted octanol–water partition coefficient (Wildman–Crippen LogP) is 4.84. The van der Waals surface area contributed by atoms with Gasteiger partial charge in [-0.3, -0.25) is 0 Å². The van der Waals surface area contributed by atoms with Crippen molar-refractivity contribution < 1.29 is 43.9 Å². The van der Waals surface area contributed by atoms with Gasteiger partial charge in [-0.2, -0.15) is 43.9 Å².